The third kappa shape index (κ3) is 3.65. The largest absolute Gasteiger partial charge is 0.496 e. The van der Waals surface area contributed by atoms with Crippen LogP contribution < -0.4 is 10.1 Å². The molecule has 0 saturated heterocycles. The van der Waals surface area contributed by atoms with Crippen LogP contribution in [0.4, 0.5) is 0 Å². The number of hydrogen-bond donors (Lipinski definition) is 1. The van der Waals surface area contributed by atoms with Crippen LogP contribution in [-0.4, -0.2) is 13.7 Å². The number of furan rings is 1. The lowest BCUT2D eigenvalue weighted by Gasteiger charge is -2.19. The highest BCUT2D eigenvalue weighted by atomic mass is 79.9. The summed E-state index contributed by atoms with van der Waals surface area (Å²) in [4.78, 5) is 0. The molecule has 2 aromatic rings. The molecule has 0 fully saturated rings. The van der Waals surface area contributed by atoms with Gasteiger partial charge in [-0.2, -0.15) is 0 Å². The third-order valence-electron chi connectivity index (χ3n) is 2.98. The number of ether oxygens (including phenoxy) is 1. The van der Waals surface area contributed by atoms with E-state index >= 15 is 0 Å². The number of nitrogens with one attached hydrogen (secondary N) is 1. The predicted molar refractivity (Wildman–Crippen MR) is 87.2 cm³/mol. The fraction of sp³-hybridized carbons (Fsp3) is 0.333. The van der Waals surface area contributed by atoms with Crippen molar-refractivity contribution in [2.24, 2.45) is 0 Å². The normalized spacial score (nSPS) is 12.4. The Kier molecular flexibility index (Phi) is 5.69. The molecule has 1 aromatic carbocycles. The molecule has 20 heavy (non-hydrogen) atoms. The van der Waals surface area contributed by atoms with Gasteiger partial charge in [0.1, 0.15) is 11.5 Å². The van der Waals surface area contributed by atoms with E-state index in [1.807, 2.05) is 24.3 Å². The van der Waals surface area contributed by atoms with E-state index < -0.39 is 0 Å². The Morgan fingerprint density at radius 1 is 1.25 bits per heavy atom. The van der Waals surface area contributed by atoms with Gasteiger partial charge in [0, 0.05) is 10.0 Å². The summed E-state index contributed by atoms with van der Waals surface area (Å²) in [7, 11) is 1.68. The lowest BCUT2D eigenvalue weighted by atomic mass is 10.0. The van der Waals surface area contributed by atoms with Gasteiger partial charge in [0.15, 0.2) is 4.67 Å². The molecular weight excluding hydrogens is 386 g/mol. The van der Waals surface area contributed by atoms with Crippen LogP contribution in [0, 0.1) is 0 Å². The molecule has 2 rings (SSSR count). The molecule has 0 aliphatic rings. The van der Waals surface area contributed by atoms with Crippen LogP contribution >= 0.6 is 31.9 Å². The van der Waals surface area contributed by atoms with Gasteiger partial charge in [0.05, 0.1) is 13.2 Å². The highest BCUT2D eigenvalue weighted by Gasteiger charge is 2.21. The predicted octanol–water partition coefficient (Wildman–Crippen LogP) is 4.90. The van der Waals surface area contributed by atoms with E-state index in [-0.39, 0.29) is 6.04 Å². The Balaban J connectivity index is 2.42. The molecule has 108 valence electrons. The van der Waals surface area contributed by atoms with Crippen molar-refractivity contribution in [2.75, 3.05) is 13.7 Å². The quantitative estimate of drug-likeness (QED) is 0.745. The van der Waals surface area contributed by atoms with Gasteiger partial charge in [0.2, 0.25) is 0 Å². The van der Waals surface area contributed by atoms with E-state index in [0.717, 1.165) is 39.2 Å². The first-order valence-electron chi connectivity index (χ1n) is 6.47. The van der Waals surface area contributed by atoms with Gasteiger partial charge in [-0.3, -0.25) is 0 Å². The number of benzene rings is 1. The monoisotopic (exact) mass is 401 g/mol. The smallest absolute Gasteiger partial charge is 0.169 e. The summed E-state index contributed by atoms with van der Waals surface area (Å²) in [6, 6.07) is 9.82. The summed E-state index contributed by atoms with van der Waals surface area (Å²) in [5, 5.41) is 3.50. The van der Waals surface area contributed by atoms with Gasteiger partial charge in [0.25, 0.3) is 0 Å². The Labute approximate surface area is 136 Å². The molecule has 3 nitrogen and oxygen atoms in total. The van der Waals surface area contributed by atoms with E-state index in [1.54, 1.807) is 7.11 Å². The van der Waals surface area contributed by atoms with Crippen LogP contribution in [0.3, 0.4) is 0 Å². The molecule has 0 aliphatic heterocycles. The molecule has 1 atom stereocenters. The maximum Gasteiger partial charge on any atom is 0.169 e. The van der Waals surface area contributed by atoms with Crippen molar-refractivity contribution in [1.82, 2.24) is 5.32 Å². The van der Waals surface area contributed by atoms with Gasteiger partial charge in [-0.1, -0.05) is 22.9 Å². The van der Waals surface area contributed by atoms with Crippen LogP contribution in [-0.2, 0) is 0 Å². The van der Waals surface area contributed by atoms with E-state index in [4.69, 9.17) is 9.15 Å². The maximum atomic E-state index is 5.72. The third-order valence-corrected chi connectivity index (χ3v) is 3.90. The molecule has 0 bridgehead atoms. The number of halogens is 2. The molecule has 0 spiro atoms. The van der Waals surface area contributed by atoms with Crippen molar-refractivity contribution in [1.29, 1.82) is 0 Å². The standard InChI is InChI=1S/C15H17Br2NO2/c1-3-8-18-15(13-6-7-14(17)20-13)11-9-10(16)4-5-12(11)19-2/h4-7,9,15,18H,3,8H2,1-2H3. The van der Waals surface area contributed by atoms with Crippen LogP contribution in [0.25, 0.3) is 0 Å². The van der Waals surface area contributed by atoms with Crippen molar-refractivity contribution in [3.05, 3.63) is 50.8 Å². The van der Waals surface area contributed by atoms with E-state index in [2.05, 4.69) is 50.2 Å². The fourth-order valence-corrected chi connectivity index (χ4v) is 2.76. The molecule has 1 unspecified atom stereocenters. The van der Waals surface area contributed by atoms with Crippen molar-refractivity contribution in [3.63, 3.8) is 0 Å². The van der Waals surface area contributed by atoms with Crippen LogP contribution in [0.1, 0.15) is 30.7 Å². The molecule has 0 radical (unpaired) electrons. The molecule has 1 heterocycles. The fourth-order valence-electron chi connectivity index (χ4n) is 2.07. The summed E-state index contributed by atoms with van der Waals surface area (Å²) in [6.07, 6.45) is 1.05. The van der Waals surface area contributed by atoms with Crippen LogP contribution in [0.15, 0.2) is 43.9 Å². The SMILES string of the molecule is CCCNC(c1ccc(Br)o1)c1cc(Br)ccc1OC. The minimum Gasteiger partial charge on any atom is -0.496 e. The Hall–Kier alpha value is -0.780. The molecule has 0 aliphatic carbocycles. The second kappa shape index (κ2) is 7.29. The summed E-state index contributed by atoms with van der Waals surface area (Å²) in [6.45, 7) is 3.04. The van der Waals surface area contributed by atoms with Crippen LogP contribution in [0.5, 0.6) is 5.75 Å². The zero-order valence-electron chi connectivity index (χ0n) is 11.5. The van der Waals surface area contributed by atoms with Gasteiger partial charge in [-0.25, -0.2) is 0 Å². The average molecular weight is 403 g/mol. The van der Waals surface area contributed by atoms with Crippen molar-refractivity contribution >= 4 is 31.9 Å². The van der Waals surface area contributed by atoms with Gasteiger partial charge < -0.3 is 14.5 Å². The van der Waals surface area contributed by atoms with Gasteiger partial charge in [-0.15, -0.1) is 0 Å². The van der Waals surface area contributed by atoms with E-state index in [1.165, 1.54) is 0 Å². The Morgan fingerprint density at radius 2 is 2.05 bits per heavy atom. The van der Waals surface area contributed by atoms with Crippen molar-refractivity contribution < 1.29 is 9.15 Å². The summed E-state index contributed by atoms with van der Waals surface area (Å²) in [5.41, 5.74) is 1.05. The first-order chi connectivity index (χ1) is 9.65. The maximum absolute atomic E-state index is 5.72. The summed E-state index contributed by atoms with van der Waals surface area (Å²) in [5.74, 6) is 1.70. The summed E-state index contributed by atoms with van der Waals surface area (Å²) < 4.78 is 12.9. The molecule has 0 saturated carbocycles. The van der Waals surface area contributed by atoms with Crippen LogP contribution in [0.2, 0.25) is 0 Å². The highest BCUT2D eigenvalue weighted by Crippen LogP contribution is 2.34. The zero-order chi connectivity index (χ0) is 14.5. The van der Waals surface area contributed by atoms with Gasteiger partial charge in [-0.05, 0) is 59.2 Å². The minimum atomic E-state index is -0.0336. The average Bonchev–Trinajstić information content (AvgIpc) is 2.86. The molecule has 1 aromatic heterocycles. The van der Waals surface area contributed by atoms with Crippen molar-refractivity contribution in [2.45, 2.75) is 19.4 Å². The molecular formula is C15H17Br2NO2. The first kappa shape index (κ1) is 15.6. The summed E-state index contributed by atoms with van der Waals surface area (Å²) >= 11 is 6.87. The molecule has 1 N–H and O–H groups in total. The number of methoxy groups -OCH3 is 1. The highest BCUT2D eigenvalue weighted by molar-refractivity contribution is 9.10. The number of rotatable bonds is 6. The Morgan fingerprint density at radius 3 is 2.65 bits per heavy atom. The zero-order valence-corrected chi connectivity index (χ0v) is 14.6. The number of hydrogen-bond acceptors (Lipinski definition) is 3. The molecule has 0 amide bonds. The van der Waals surface area contributed by atoms with E-state index in [0.29, 0.717) is 0 Å². The topological polar surface area (TPSA) is 34.4 Å². The van der Waals surface area contributed by atoms with Crippen molar-refractivity contribution in [3.8, 4) is 5.75 Å². The minimum absolute atomic E-state index is 0.0336. The second-order valence-corrected chi connectivity index (χ2v) is 6.11. The Bertz CT molecular complexity index is 569. The lowest BCUT2D eigenvalue weighted by molar-refractivity contribution is 0.389. The van der Waals surface area contributed by atoms with E-state index in [9.17, 15) is 0 Å². The van der Waals surface area contributed by atoms with Gasteiger partial charge >= 0.3 is 0 Å². The molecule has 5 heteroatoms. The first-order valence-corrected chi connectivity index (χ1v) is 8.06. The lowest BCUT2D eigenvalue weighted by Crippen LogP contribution is -2.23. The second-order valence-electron chi connectivity index (χ2n) is 4.42.